The van der Waals surface area contributed by atoms with Crippen molar-refractivity contribution in [2.24, 2.45) is 0 Å². The van der Waals surface area contributed by atoms with Crippen LogP contribution in [0.1, 0.15) is 20.7 Å². The molecule has 1 heterocycles. The normalized spacial score (nSPS) is 12.2. The first kappa shape index (κ1) is 18.6. The van der Waals surface area contributed by atoms with Crippen LogP contribution in [0.5, 0.6) is 11.5 Å². The Morgan fingerprint density at radius 3 is 2.31 bits per heavy atom. The Kier molecular flexibility index (Phi) is 5.16. The number of nitrogens with one attached hydrogen (secondary N) is 1. The van der Waals surface area contributed by atoms with Crippen molar-refractivity contribution in [3.63, 3.8) is 0 Å². The molecule has 4 rings (SSSR count). The van der Waals surface area contributed by atoms with Crippen LogP contribution in [0, 0.1) is 0 Å². The molecular weight excluding hydrogens is 370 g/mol. The van der Waals surface area contributed by atoms with Gasteiger partial charge in [0.15, 0.2) is 11.5 Å². The van der Waals surface area contributed by atoms with E-state index in [1.807, 2.05) is 24.3 Å². The third-order valence-corrected chi connectivity index (χ3v) is 4.58. The smallest absolute Gasteiger partial charge is 0.339 e. The highest BCUT2D eigenvalue weighted by atomic mass is 16.6. The van der Waals surface area contributed by atoms with Gasteiger partial charge in [0.25, 0.3) is 5.91 Å². The number of methoxy groups -OCH3 is 1. The van der Waals surface area contributed by atoms with Crippen molar-refractivity contribution in [3.05, 3.63) is 77.9 Å². The average molecular weight is 389 g/mol. The lowest BCUT2D eigenvalue weighted by Crippen LogP contribution is -2.16. The molecule has 29 heavy (non-hydrogen) atoms. The van der Waals surface area contributed by atoms with Crippen molar-refractivity contribution in [1.82, 2.24) is 0 Å². The Labute approximate surface area is 168 Å². The fourth-order valence-corrected chi connectivity index (χ4v) is 3.12. The Morgan fingerprint density at radius 2 is 1.55 bits per heavy atom. The molecule has 1 aliphatic heterocycles. The molecule has 0 atom stereocenters. The predicted molar refractivity (Wildman–Crippen MR) is 109 cm³/mol. The summed E-state index contributed by atoms with van der Waals surface area (Å²) in [6, 6.07) is 19.6. The molecule has 1 aliphatic rings. The van der Waals surface area contributed by atoms with Crippen LogP contribution in [-0.4, -0.2) is 32.2 Å². The molecule has 6 heteroatoms. The van der Waals surface area contributed by atoms with Gasteiger partial charge in [-0.2, -0.15) is 0 Å². The van der Waals surface area contributed by atoms with Crippen LogP contribution in [0.2, 0.25) is 0 Å². The molecule has 1 amide bonds. The van der Waals surface area contributed by atoms with Crippen molar-refractivity contribution < 1.29 is 23.8 Å². The van der Waals surface area contributed by atoms with E-state index in [4.69, 9.17) is 14.2 Å². The van der Waals surface area contributed by atoms with E-state index in [9.17, 15) is 9.59 Å². The highest BCUT2D eigenvalue weighted by Gasteiger charge is 2.17. The van der Waals surface area contributed by atoms with E-state index in [0.29, 0.717) is 36.0 Å². The summed E-state index contributed by atoms with van der Waals surface area (Å²) in [6.07, 6.45) is 0. The second-order valence-electron chi connectivity index (χ2n) is 6.43. The van der Waals surface area contributed by atoms with Crippen LogP contribution >= 0.6 is 0 Å². The SMILES string of the molecule is COC(=O)c1ccc(-c2ccc3c(c2)OCCO3)cc1NC(=O)c1ccccc1. The number of hydrogen-bond donors (Lipinski definition) is 1. The van der Waals surface area contributed by atoms with E-state index in [1.165, 1.54) is 7.11 Å². The molecule has 0 unspecified atom stereocenters. The first-order valence-electron chi connectivity index (χ1n) is 9.14. The Hall–Kier alpha value is -3.80. The molecule has 0 fully saturated rings. The van der Waals surface area contributed by atoms with Crippen LogP contribution in [0.25, 0.3) is 11.1 Å². The molecule has 3 aromatic carbocycles. The van der Waals surface area contributed by atoms with Gasteiger partial charge in [0.2, 0.25) is 0 Å². The maximum atomic E-state index is 12.6. The topological polar surface area (TPSA) is 73.9 Å². The lowest BCUT2D eigenvalue weighted by atomic mass is 10.0. The lowest BCUT2D eigenvalue weighted by Gasteiger charge is -2.19. The van der Waals surface area contributed by atoms with Gasteiger partial charge in [0.05, 0.1) is 18.4 Å². The quantitative estimate of drug-likeness (QED) is 0.678. The standard InChI is InChI=1S/C23H19NO5/c1-27-23(26)18-9-7-16(17-8-10-20-21(14-17)29-12-11-28-20)13-19(18)24-22(25)15-5-3-2-4-6-15/h2-10,13-14H,11-12H2,1H3,(H,24,25). The number of benzene rings is 3. The van der Waals surface area contributed by atoms with Gasteiger partial charge in [0, 0.05) is 5.56 Å². The van der Waals surface area contributed by atoms with Crippen molar-refractivity contribution in [2.75, 3.05) is 25.6 Å². The third kappa shape index (κ3) is 3.91. The second kappa shape index (κ2) is 8.06. The second-order valence-corrected chi connectivity index (χ2v) is 6.43. The fourth-order valence-electron chi connectivity index (χ4n) is 3.12. The zero-order chi connectivity index (χ0) is 20.2. The van der Waals surface area contributed by atoms with Crippen LogP contribution in [0.15, 0.2) is 66.7 Å². The molecule has 0 saturated carbocycles. The van der Waals surface area contributed by atoms with E-state index in [1.54, 1.807) is 42.5 Å². The lowest BCUT2D eigenvalue weighted by molar-refractivity contribution is 0.0602. The molecular formula is C23H19NO5. The van der Waals surface area contributed by atoms with Gasteiger partial charge in [-0.25, -0.2) is 4.79 Å². The summed E-state index contributed by atoms with van der Waals surface area (Å²) in [4.78, 5) is 24.8. The number of amides is 1. The number of hydrogen-bond acceptors (Lipinski definition) is 5. The Morgan fingerprint density at radius 1 is 0.862 bits per heavy atom. The van der Waals surface area contributed by atoms with Gasteiger partial charge in [-0.15, -0.1) is 0 Å². The van der Waals surface area contributed by atoms with E-state index in [0.717, 1.165) is 11.1 Å². The van der Waals surface area contributed by atoms with Gasteiger partial charge >= 0.3 is 5.97 Å². The summed E-state index contributed by atoms with van der Waals surface area (Å²) in [5, 5.41) is 2.82. The third-order valence-electron chi connectivity index (χ3n) is 4.58. The van der Waals surface area contributed by atoms with Gasteiger partial charge in [-0.1, -0.05) is 30.3 Å². The van der Waals surface area contributed by atoms with Crippen molar-refractivity contribution >= 4 is 17.6 Å². The van der Waals surface area contributed by atoms with E-state index < -0.39 is 5.97 Å². The number of ether oxygens (including phenoxy) is 3. The minimum absolute atomic E-state index is 0.276. The van der Waals surface area contributed by atoms with Crippen molar-refractivity contribution in [1.29, 1.82) is 0 Å². The summed E-state index contributed by atoms with van der Waals surface area (Å²) in [5.74, 6) is 0.529. The molecule has 6 nitrogen and oxygen atoms in total. The summed E-state index contributed by atoms with van der Waals surface area (Å²) in [7, 11) is 1.31. The highest BCUT2D eigenvalue weighted by molar-refractivity contribution is 6.08. The number of fused-ring (bicyclic) bond motifs is 1. The van der Waals surface area contributed by atoms with Gasteiger partial charge < -0.3 is 19.5 Å². The zero-order valence-electron chi connectivity index (χ0n) is 15.8. The first-order valence-corrected chi connectivity index (χ1v) is 9.14. The van der Waals surface area contributed by atoms with Crippen LogP contribution in [-0.2, 0) is 4.74 Å². The maximum Gasteiger partial charge on any atom is 0.339 e. The molecule has 0 spiro atoms. The molecule has 1 N–H and O–H groups in total. The number of rotatable bonds is 4. The Balaban J connectivity index is 1.71. The van der Waals surface area contributed by atoms with E-state index >= 15 is 0 Å². The summed E-state index contributed by atoms with van der Waals surface area (Å²) >= 11 is 0. The molecule has 0 bridgehead atoms. The molecule has 0 aromatic heterocycles. The minimum atomic E-state index is -0.526. The van der Waals surface area contributed by atoms with Crippen LogP contribution in [0.3, 0.4) is 0 Å². The monoisotopic (exact) mass is 389 g/mol. The largest absolute Gasteiger partial charge is 0.486 e. The van der Waals surface area contributed by atoms with Crippen molar-refractivity contribution in [3.8, 4) is 22.6 Å². The van der Waals surface area contributed by atoms with E-state index in [2.05, 4.69) is 5.32 Å². The van der Waals surface area contributed by atoms with Gasteiger partial charge in [0.1, 0.15) is 13.2 Å². The Bertz CT molecular complexity index is 1060. The van der Waals surface area contributed by atoms with E-state index in [-0.39, 0.29) is 11.5 Å². The molecule has 3 aromatic rings. The average Bonchev–Trinajstić information content (AvgIpc) is 2.78. The highest BCUT2D eigenvalue weighted by Crippen LogP contribution is 2.35. The summed E-state index contributed by atoms with van der Waals surface area (Å²) in [6.45, 7) is 1.02. The van der Waals surface area contributed by atoms with Crippen LogP contribution in [0.4, 0.5) is 5.69 Å². The first-order chi connectivity index (χ1) is 14.2. The molecule has 146 valence electrons. The van der Waals surface area contributed by atoms with Gasteiger partial charge in [-0.3, -0.25) is 4.79 Å². The van der Waals surface area contributed by atoms with Crippen LogP contribution < -0.4 is 14.8 Å². The molecule has 0 saturated heterocycles. The predicted octanol–water partition coefficient (Wildman–Crippen LogP) is 4.16. The summed E-state index contributed by atoms with van der Waals surface area (Å²) in [5.41, 5.74) is 2.84. The maximum absolute atomic E-state index is 12.6. The number of carbonyl (C=O) groups is 2. The summed E-state index contributed by atoms with van der Waals surface area (Å²) < 4.78 is 16.1. The zero-order valence-corrected chi connectivity index (χ0v) is 15.8. The minimum Gasteiger partial charge on any atom is -0.486 e. The molecule has 0 radical (unpaired) electrons. The number of esters is 1. The fraction of sp³-hybridized carbons (Fsp3) is 0.130. The number of carbonyl (C=O) groups excluding carboxylic acids is 2. The molecule has 0 aliphatic carbocycles. The number of anilines is 1. The van der Waals surface area contributed by atoms with Gasteiger partial charge in [-0.05, 0) is 47.5 Å². The van der Waals surface area contributed by atoms with Crippen molar-refractivity contribution in [2.45, 2.75) is 0 Å².